The lowest BCUT2D eigenvalue weighted by molar-refractivity contribution is -0.130. The van der Waals surface area contributed by atoms with Gasteiger partial charge in [0.15, 0.2) is 18.1 Å². The topological polar surface area (TPSA) is 54.4 Å². The number of hydrogen-bond acceptors (Lipinski definition) is 5. The van der Waals surface area contributed by atoms with Gasteiger partial charge in [-0.2, -0.15) is 5.10 Å². The van der Waals surface area contributed by atoms with Crippen molar-refractivity contribution in [3.63, 3.8) is 0 Å². The highest BCUT2D eigenvalue weighted by molar-refractivity contribution is 9.10. The molecule has 2 aromatic rings. The Bertz CT molecular complexity index is 851. The summed E-state index contributed by atoms with van der Waals surface area (Å²) in [4.78, 5) is 13.3. The number of likely N-dealkylation sites (N-methyl/N-ethyl adjacent to an activating group) is 1. The summed E-state index contributed by atoms with van der Waals surface area (Å²) < 4.78 is 12.1. The summed E-state index contributed by atoms with van der Waals surface area (Å²) in [6, 6.07) is 12.0. The number of hydrogen-bond donors (Lipinski definition) is 0. The summed E-state index contributed by atoms with van der Waals surface area (Å²) in [7, 11) is 3.38. The lowest BCUT2D eigenvalue weighted by Crippen LogP contribution is -2.27. The van der Waals surface area contributed by atoms with Crippen LogP contribution in [0.3, 0.4) is 0 Å². The molecule has 0 saturated heterocycles. The first-order valence-electron chi connectivity index (χ1n) is 9.53. The second kappa shape index (κ2) is 10.9. The minimum atomic E-state index is -0.123. The van der Waals surface area contributed by atoms with Crippen LogP contribution in [0.1, 0.15) is 25.0 Å². The maximum atomic E-state index is 11.8. The molecule has 6 nitrogen and oxygen atoms in total. The standard InChI is InChI=1S/C22H28BrN3O3/c1-6-26(18-10-8-16(3)9-11-18)24-14-17-12-19(23)22(20(13-17)28-7-2)29-15-21(27)25(4)5/h8-14H,6-7,15H2,1-5H3/b24-14+. The van der Waals surface area contributed by atoms with E-state index in [0.29, 0.717) is 22.6 Å². The van der Waals surface area contributed by atoms with Gasteiger partial charge in [0.05, 0.1) is 23.0 Å². The van der Waals surface area contributed by atoms with Gasteiger partial charge in [-0.3, -0.25) is 9.80 Å². The zero-order valence-corrected chi connectivity index (χ0v) is 19.2. The van der Waals surface area contributed by atoms with E-state index in [-0.39, 0.29) is 12.5 Å². The van der Waals surface area contributed by atoms with Crippen LogP contribution in [0.25, 0.3) is 0 Å². The molecule has 1 amide bonds. The first-order valence-corrected chi connectivity index (χ1v) is 10.3. The Morgan fingerprint density at radius 1 is 1.14 bits per heavy atom. The number of hydrazone groups is 1. The average Bonchev–Trinajstić information content (AvgIpc) is 2.69. The summed E-state index contributed by atoms with van der Waals surface area (Å²) in [5.74, 6) is 0.944. The lowest BCUT2D eigenvalue weighted by Gasteiger charge is -2.18. The van der Waals surface area contributed by atoms with Crippen molar-refractivity contribution in [2.75, 3.05) is 38.9 Å². The molecule has 156 valence electrons. The van der Waals surface area contributed by atoms with Gasteiger partial charge in [-0.1, -0.05) is 17.7 Å². The molecule has 0 fully saturated rings. The first-order chi connectivity index (χ1) is 13.8. The number of benzene rings is 2. The van der Waals surface area contributed by atoms with E-state index < -0.39 is 0 Å². The van der Waals surface area contributed by atoms with Gasteiger partial charge in [0.1, 0.15) is 0 Å². The van der Waals surface area contributed by atoms with Crippen molar-refractivity contribution in [1.82, 2.24) is 4.90 Å². The lowest BCUT2D eigenvalue weighted by atomic mass is 10.2. The molecule has 0 bridgehead atoms. The smallest absolute Gasteiger partial charge is 0.259 e. The minimum absolute atomic E-state index is 0.0594. The van der Waals surface area contributed by atoms with Gasteiger partial charge in [-0.05, 0) is 66.5 Å². The van der Waals surface area contributed by atoms with E-state index in [1.807, 2.05) is 24.1 Å². The zero-order valence-electron chi connectivity index (χ0n) is 17.6. The predicted molar refractivity (Wildman–Crippen MR) is 121 cm³/mol. The molecule has 2 aromatic carbocycles. The van der Waals surface area contributed by atoms with Crippen molar-refractivity contribution in [3.05, 3.63) is 52.0 Å². The largest absolute Gasteiger partial charge is 0.490 e. The molecule has 0 saturated carbocycles. The second-order valence-electron chi connectivity index (χ2n) is 6.64. The molecule has 0 aliphatic carbocycles. The molecule has 29 heavy (non-hydrogen) atoms. The van der Waals surface area contributed by atoms with Crippen LogP contribution in [-0.4, -0.2) is 50.9 Å². The van der Waals surface area contributed by atoms with Crippen molar-refractivity contribution in [2.24, 2.45) is 5.10 Å². The molecule has 0 aliphatic heterocycles. The number of carbonyl (C=O) groups excluding carboxylic acids is 1. The van der Waals surface area contributed by atoms with Crippen LogP contribution in [0.2, 0.25) is 0 Å². The summed E-state index contributed by atoms with van der Waals surface area (Å²) in [5, 5.41) is 6.54. The van der Waals surface area contributed by atoms with Crippen LogP contribution in [0, 0.1) is 6.92 Å². The van der Waals surface area contributed by atoms with Crippen molar-refractivity contribution in [3.8, 4) is 11.5 Å². The van der Waals surface area contributed by atoms with Crippen LogP contribution in [0.5, 0.6) is 11.5 Å². The molecule has 0 unspecified atom stereocenters. The molecule has 0 spiro atoms. The average molecular weight is 462 g/mol. The van der Waals surface area contributed by atoms with Gasteiger partial charge in [0.2, 0.25) is 0 Å². The highest BCUT2D eigenvalue weighted by atomic mass is 79.9. The number of aryl methyl sites for hydroxylation is 1. The molecule has 0 heterocycles. The Balaban J connectivity index is 2.25. The van der Waals surface area contributed by atoms with Gasteiger partial charge in [-0.15, -0.1) is 0 Å². The maximum Gasteiger partial charge on any atom is 0.259 e. The second-order valence-corrected chi connectivity index (χ2v) is 7.49. The van der Waals surface area contributed by atoms with E-state index in [1.165, 1.54) is 10.5 Å². The third kappa shape index (κ3) is 6.49. The highest BCUT2D eigenvalue weighted by Crippen LogP contribution is 2.36. The molecule has 7 heteroatoms. The Morgan fingerprint density at radius 2 is 1.83 bits per heavy atom. The van der Waals surface area contributed by atoms with E-state index in [1.54, 1.807) is 20.3 Å². The number of amides is 1. The van der Waals surface area contributed by atoms with Gasteiger partial charge in [0.25, 0.3) is 5.91 Å². The molecular formula is C22H28BrN3O3. The summed E-state index contributed by atoms with van der Waals surface area (Å²) in [5.41, 5.74) is 3.10. The van der Waals surface area contributed by atoms with Gasteiger partial charge < -0.3 is 14.4 Å². The Labute approximate surface area is 181 Å². The minimum Gasteiger partial charge on any atom is -0.490 e. The van der Waals surface area contributed by atoms with Crippen molar-refractivity contribution >= 4 is 33.7 Å². The van der Waals surface area contributed by atoms with Gasteiger partial charge in [-0.25, -0.2) is 0 Å². The maximum absolute atomic E-state index is 11.8. The molecule has 0 aromatic heterocycles. The van der Waals surface area contributed by atoms with Crippen LogP contribution in [-0.2, 0) is 4.79 Å². The molecule has 0 radical (unpaired) electrons. The fourth-order valence-corrected chi connectivity index (χ4v) is 3.09. The molecule has 2 rings (SSSR count). The van der Waals surface area contributed by atoms with Crippen molar-refractivity contribution < 1.29 is 14.3 Å². The number of nitrogens with zero attached hydrogens (tertiary/aromatic N) is 3. The number of halogens is 1. The normalized spacial score (nSPS) is 10.8. The Morgan fingerprint density at radius 3 is 2.41 bits per heavy atom. The van der Waals surface area contributed by atoms with Gasteiger partial charge in [0, 0.05) is 20.6 Å². The number of ether oxygens (including phenoxy) is 2. The Hall–Kier alpha value is -2.54. The fraction of sp³-hybridized carbons (Fsp3) is 0.364. The van der Waals surface area contributed by atoms with Crippen LogP contribution >= 0.6 is 15.9 Å². The summed E-state index contributed by atoms with van der Waals surface area (Å²) in [6.07, 6.45) is 1.78. The number of carbonyl (C=O) groups is 1. The quantitative estimate of drug-likeness (QED) is 0.407. The van der Waals surface area contributed by atoms with E-state index in [0.717, 1.165) is 17.8 Å². The van der Waals surface area contributed by atoms with Crippen molar-refractivity contribution in [2.45, 2.75) is 20.8 Å². The zero-order chi connectivity index (χ0) is 21.4. The molecule has 0 N–H and O–H groups in total. The fourth-order valence-electron chi connectivity index (χ4n) is 2.51. The summed E-state index contributed by atoms with van der Waals surface area (Å²) >= 11 is 3.53. The number of anilines is 1. The van der Waals surface area contributed by atoms with Crippen LogP contribution in [0.15, 0.2) is 46.0 Å². The molecular weight excluding hydrogens is 434 g/mol. The van der Waals surface area contributed by atoms with E-state index in [4.69, 9.17) is 9.47 Å². The number of rotatable bonds is 9. The third-order valence-corrected chi connectivity index (χ3v) is 4.74. The summed E-state index contributed by atoms with van der Waals surface area (Å²) in [6.45, 7) is 7.18. The monoisotopic (exact) mass is 461 g/mol. The molecule has 0 atom stereocenters. The van der Waals surface area contributed by atoms with Crippen LogP contribution in [0.4, 0.5) is 5.69 Å². The SMILES string of the molecule is CCOc1cc(/C=N/N(CC)c2ccc(C)cc2)cc(Br)c1OCC(=O)N(C)C. The first kappa shape index (κ1) is 22.7. The van der Waals surface area contributed by atoms with Crippen LogP contribution < -0.4 is 14.5 Å². The third-order valence-electron chi connectivity index (χ3n) is 4.15. The predicted octanol–water partition coefficient (Wildman–Crippen LogP) is 4.48. The molecule has 0 aliphatic rings. The van der Waals surface area contributed by atoms with E-state index in [2.05, 4.69) is 59.1 Å². The Kier molecular flexibility index (Phi) is 8.51. The highest BCUT2D eigenvalue weighted by Gasteiger charge is 2.14. The van der Waals surface area contributed by atoms with Gasteiger partial charge >= 0.3 is 0 Å². The van der Waals surface area contributed by atoms with E-state index in [9.17, 15) is 4.79 Å². The van der Waals surface area contributed by atoms with Crippen molar-refractivity contribution in [1.29, 1.82) is 0 Å². The van der Waals surface area contributed by atoms with E-state index >= 15 is 0 Å².